The first-order chi connectivity index (χ1) is 11.1. The molecule has 0 bridgehead atoms. The van der Waals surface area contributed by atoms with Crippen LogP contribution >= 0.6 is 22.7 Å². The largest absolute Gasteiger partial charge is 0.465 e. The lowest BCUT2D eigenvalue weighted by atomic mass is 9.86. The van der Waals surface area contributed by atoms with Crippen LogP contribution in [0.15, 0.2) is 17.5 Å². The van der Waals surface area contributed by atoms with Gasteiger partial charge in [0.2, 0.25) is 0 Å². The highest BCUT2D eigenvalue weighted by atomic mass is 32.1. The summed E-state index contributed by atoms with van der Waals surface area (Å²) in [6.45, 7) is 2.20. The Balaban J connectivity index is 1.94. The Kier molecular flexibility index (Phi) is 4.82. The van der Waals surface area contributed by atoms with Gasteiger partial charge in [0.1, 0.15) is 5.00 Å². The Morgan fingerprint density at radius 3 is 2.91 bits per heavy atom. The average molecular weight is 349 g/mol. The van der Waals surface area contributed by atoms with E-state index in [1.807, 2.05) is 11.4 Å². The lowest BCUT2D eigenvalue weighted by Crippen LogP contribution is -2.16. The summed E-state index contributed by atoms with van der Waals surface area (Å²) < 4.78 is 4.95. The number of thiophene rings is 2. The SMILES string of the molecule is CC[C@H]1CCc2c(sc(NC(=O)c3cccs3)c2C(=O)OC)C1. The van der Waals surface area contributed by atoms with Crippen molar-refractivity contribution >= 4 is 39.6 Å². The first kappa shape index (κ1) is 16.2. The molecule has 2 heterocycles. The molecule has 3 rings (SSSR count). The number of rotatable bonds is 4. The minimum atomic E-state index is -0.362. The summed E-state index contributed by atoms with van der Waals surface area (Å²) in [4.78, 5) is 26.4. The number of carbonyl (C=O) groups excluding carboxylic acids is 2. The summed E-state index contributed by atoms with van der Waals surface area (Å²) in [6.07, 6.45) is 4.09. The van der Waals surface area contributed by atoms with Gasteiger partial charge in [-0.25, -0.2) is 4.79 Å². The van der Waals surface area contributed by atoms with E-state index in [-0.39, 0.29) is 11.9 Å². The van der Waals surface area contributed by atoms with E-state index in [2.05, 4.69) is 12.2 Å². The molecule has 0 saturated carbocycles. The molecule has 0 spiro atoms. The zero-order chi connectivity index (χ0) is 16.4. The van der Waals surface area contributed by atoms with Crippen LogP contribution in [-0.2, 0) is 17.6 Å². The van der Waals surface area contributed by atoms with Crippen LogP contribution in [0.5, 0.6) is 0 Å². The van der Waals surface area contributed by atoms with Crippen molar-refractivity contribution in [3.63, 3.8) is 0 Å². The average Bonchev–Trinajstić information content (AvgIpc) is 3.20. The van der Waals surface area contributed by atoms with E-state index in [4.69, 9.17) is 4.74 Å². The lowest BCUT2D eigenvalue weighted by Gasteiger charge is -2.20. The number of esters is 1. The molecular formula is C17H19NO3S2. The van der Waals surface area contributed by atoms with Crippen molar-refractivity contribution in [3.8, 4) is 0 Å². The smallest absolute Gasteiger partial charge is 0.341 e. The van der Waals surface area contributed by atoms with Crippen molar-refractivity contribution in [1.29, 1.82) is 0 Å². The van der Waals surface area contributed by atoms with Gasteiger partial charge in [-0.05, 0) is 42.2 Å². The third kappa shape index (κ3) is 3.19. The summed E-state index contributed by atoms with van der Waals surface area (Å²) in [7, 11) is 1.38. The number of methoxy groups -OCH3 is 1. The highest BCUT2D eigenvalue weighted by Gasteiger charge is 2.29. The summed E-state index contributed by atoms with van der Waals surface area (Å²) >= 11 is 2.91. The molecule has 0 aromatic carbocycles. The van der Waals surface area contributed by atoms with Crippen LogP contribution < -0.4 is 5.32 Å². The molecule has 0 unspecified atom stereocenters. The molecule has 1 aliphatic rings. The standard InChI is InChI=1S/C17H19NO3S2/c1-3-10-6-7-11-13(9-10)23-16(14(11)17(20)21-2)18-15(19)12-5-4-8-22-12/h4-5,8,10H,3,6-7,9H2,1-2H3,(H,18,19)/t10-/m0/s1. The Morgan fingerprint density at radius 1 is 1.43 bits per heavy atom. The predicted octanol–water partition coefficient (Wildman–Crippen LogP) is 4.36. The Labute approximate surface area is 143 Å². The number of anilines is 1. The Bertz CT molecular complexity index is 719. The number of carbonyl (C=O) groups is 2. The van der Waals surface area contributed by atoms with Crippen molar-refractivity contribution in [2.45, 2.75) is 32.6 Å². The zero-order valence-corrected chi connectivity index (χ0v) is 14.8. The summed E-state index contributed by atoms with van der Waals surface area (Å²) in [5, 5.41) is 5.39. The molecule has 0 radical (unpaired) electrons. The molecule has 122 valence electrons. The molecule has 4 nitrogen and oxygen atoms in total. The third-order valence-corrected chi connectivity index (χ3v) is 6.34. The molecule has 2 aromatic rings. The minimum absolute atomic E-state index is 0.171. The second-order valence-electron chi connectivity index (χ2n) is 5.65. The number of ether oxygens (including phenoxy) is 1. The molecule has 1 atom stereocenters. The number of amides is 1. The van der Waals surface area contributed by atoms with Gasteiger partial charge in [-0.15, -0.1) is 22.7 Å². The molecule has 0 aliphatic heterocycles. The first-order valence-corrected chi connectivity index (χ1v) is 9.41. The highest BCUT2D eigenvalue weighted by molar-refractivity contribution is 7.17. The normalized spacial score (nSPS) is 16.7. The van der Waals surface area contributed by atoms with Gasteiger partial charge in [0.15, 0.2) is 0 Å². The number of hydrogen-bond donors (Lipinski definition) is 1. The van der Waals surface area contributed by atoms with Crippen LogP contribution in [0.1, 0.15) is 50.2 Å². The molecule has 1 N–H and O–H groups in total. The topological polar surface area (TPSA) is 55.4 Å². The second-order valence-corrected chi connectivity index (χ2v) is 7.70. The number of fused-ring (bicyclic) bond motifs is 1. The fourth-order valence-electron chi connectivity index (χ4n) is 2.98. The van der Waals surface area contributed by atoms with Crippen molar-refractivity contribution in [2.75, 3.05) is 12.4 Å². The van der Waals surface area contributed by atoms with Gasteiger partial charge in [-0.3, -0.25) is 4.79 Å². The summed E-state index contributed by atoms with van der Waals surface area (Å²) in [5.41, 5.74) is 1.61. The van der Waals surface area contributed by atoms with Gasteiger partial charge >= 0.3 is 5.97 Å². The van der Waals surface area contributed by atoms with E-state index in [0.29, 0.717) is 21.4 Å². The van der Waals surface area contributed by atoms with Gasteiger partial charge < -0.3 is 10.1 Å². The van der Waals surface area contributed by atoms with E-state index < -0.39 is 0 Å². The van der Waals surface area contributed by atoms with Crippen molar-refractivity contribution in [2.24, 2.45) is 5.92 Å². The first-order valence-electron chi connectivity index (χ1n) is 7.71. The summed E-state index contributed by atoms with van der Waals surface area (Å²) in [5.74, 6) is 0.127. The second kappa shape index (κ2) is 6.84. The van der Waals surface area contributed by atoms with Crippen molar-refractivity contribution in [1.82, 2.24) is 0 Å². The number of hydrogen-bond acceptors (Lipinski definition) is 5. The fourth-order valence-corrected chi connectivity index (χ4v) is 4.95. The maximum absolute atomic E-state index is 12.3. The van der Waals surface area contributed by atoms with Crippen molar-refractivity contribution < 1.29 is 14.3 Å². The predicted molar refractivity (Wildman–Crippen MR) is 93.7 cm³/mol. The van der Waals surface area contributed by atoms with Crippen LogP contribution in [0.4, 0.5) is 5.00 Å². The zero-order valence-electron chi connectivity index (χ0n) is 13.2. The van der Waals surface area contributed by atoms with E-state index in [1.54, 1.807) is 6.07 Å². The molecular weight excluding hydrogens is 330 g/mol. The molecule has 0 fully saturated rings. The van der Waals surface area contributed by atoms with Crippen LogP contribution in [0.25, 0.3) is 0 Å². The Hall–Kier alpha value is -1.66. The van der Waals surface area contributed by atoms with Crippen molar-refractivity contribution in [3.05, 3.63) is 38.4 Å². The van der Waals surface area contributed by atoms with Gasteiger partial charge in [0.25, 0.3) is 5.91 Å². The fraction of sp³-hybridized carbons (Fsp3) is 0.412. The lowest BCUT2D eigenvalue weighted by molar-refractivity contribution is 0.0601. The molecule has 1 amide bonds. The van der Waals surface area contributed by atoms with Crippen LogP contribution in [0, 0.1) is 5.92 Å². The van der Waals surface area contributed by atoms with E-state index in [9.17, 15) is 9.59 Å². The van der Waals surface area contributed by atoms with Gasteiger partial charge in [-0.2, -0.15) is 0 Å². The van der Waals surface area contributed by atoms with Gasteiger partial charge in [-0.1, -0.05) is 19.4 Å². The van der Waals surface area contributed by atoms with E-state index in [0.717, 1.165) is 31.2 Å². The van der Waals surface area contributed by atoms with Crippen LogP contribution in [0.2, 0.25) is 0 Å². The molecule has 2 aromatic heterocycles. The maximum atomic E-state index is 12.3. The third-order valence-electron chi connectivity index (χ3n) is 4.31. The maximum Gasteiger partial charge on any atom is 0.341 e. The van der Waals surface area contributed by atoms with Gasteiger partial charge in [0, 0.05) is 4.88 Å². The van der Waals surface area contributed by atoms with Crippen LogP contribution in [0.3, 0.4) is 0 Å². The molecule has 0 saturated heterocycles. The molecule has 23 heavy (non-hydrogen) atoms. The summed E-state index contributed by atoms with van der Waals surface area (Å²) in [6, 6.07) is 3.62. The monoisotopic (exact) mass is 349 g/mol. The highest BCUT2D eigenvalue weighted by Crippen LogP contribution is 2.41. The van der Waals surface area contributed by atoms with E-state index >= 15 is 0 Å². The number of nitrogens with one attached hydrogen (secondary N) is 1. The molecule has 6 heteroatoms. The Morgan fingerprint density at radius 2 is 2.26 bits per heavy atom. The molecule has 1 aliphatic carbocycles. The van der Waals surface area contributed by atoms with Crippen LogP contribution in [-0.4, -0.2) is 19.0 Å². The van der Waals surface area contributed by atoms with E-state index in [1.165, 1.54) is 34.7 Å². The van der Waals surface area contributed by atoms with Gasteiger partial charge in [0.05, 0.1) is 17.6 Å². The quantitative estimate of drug-likeness (QED) is 0.834. The minimum Gasteiger partial charge on any atom is -0.465 e.